The van der Waals surface area contributed by atoms with E-state index in [1.165, 1.54) is 6.92 Å². The Labute approximate surface area is 167 Å². The number of nitrogens with one attached hydrogen (secondary N) is 2. The maximum absolute atomic E-state index is 11.9. The molecule has 27 heavy (non-hydrogen) atoms. The molecular weight excluding hydrogens is 373 g/mol. The Balaban J connectivity index is 0. The number of allylic oxidation sites excluding steroid dienone is 3. The number of nitrogens with two attached hydrogens (primary N) is 1. The highest BCUT2D eigenvalue weighted by molar-refractivity contribution is 6.39. The lowest BCUT2D eigenvalue weighted by molar-refractivity contribution is -0.115. The van der Waals surface area contributed by atoms with Crippen molar-refractivity contribution in [3.05, 3.63) is 24.6 Å². The number of likely N-dealkylation sites (tertiary alicyclic amines) is 1. The zero-order valence-corrected chi connectivity index (χ0v) is 17.6. The standard InChI is InChI=1S/C11H23N5O2.C4H7Cl.C3H5F/c1-8(17)13-7-10(15-12)11(18)14-9-3-5-16(2)6-4-9;1-2-3-4-5;1-3(2)4/h8-9,13,17H,3-7,12H2,1-2H3,(H,14,18);2-3H,4H2,1H3;1H2,2H3/b15-10+;3-2-;. The third-order valence-electron chi connectivity index (χ3n) is 3.36. The van der Waals surface area contributed by atoms with E-state index < -0.39 is 6.23 Å². The maximum Gasteiger partial charge on any atom is 0.269 e. The van der Waals surface area contributed by atoms with Crippen LogP contribution in [-0.2, 0) is 4.79 Å². The molecule has 1 aliphatic rings. The Morgan fingerprint density at radius 3 is 2.37 bits per heavy atom. The number of hydrogen-bond acceptors (Lipinski definition) is 6. The third-order valence-corrected chi connectivity index (χ3v) is 3.54. The molecule has 0 aromatic rings. The Hall–Kier alpha value is -1.48. The summed E-state index contributed by atoms with van der Waals surface area (Å²) in [7, 11) is 2.07. The van der Waals surface area contributed by atoms with E-state index in [1.54, 1.807) is 6.92 Å². The first-order valence-electron chi connectivity index (χ1n) is 8.83. The molecule has 0 aromatic carbocycles. The number of piperidine rings is 1. The predicted molar refractivity (Wildman–Crippen MR) is 111 cm³/mol. The fraction of sp³-hybridized carbons (Fsp3) is 0.667. The highest BCUT2D eigenvalue weighted by atomic mass is 35.5. The van der Waals surface area contributed by atoms with Crippen molar-refractivity contribution in [1.82, 2.24) is 15.5 Å². The fourth-order valence-corrected chi connectivity index (χ4v) is 2.12. The predicted octanol–water partition coefficient (Wildman–Crippen LogP) is 1.73. The molecule has 1 atom stereocenters. The molecular formula is C18H35ClFN5O2. The zero-order chi connectivity index (χ0) is 21.2. The Morgan fingerprint density at radius 1 is 1.52 bits per heavy atom. The molecule has 0 saturated carbocycles. The molecule has 0 aliphatic carbocycles. The average Bonchev–Trinajstić information content (AvgIpc) is 2.58. The zero-order valence-electron chi connectivity index (χ0n) is 16.8. The van der Waals surface area contributed by atoms with Crippen LogP contribution in [0.3, 0.4) is 0 Å². The van der Waals surface area contributed by atoms with Gasteiger partial charge in [0.2, 0.25) is 0 Å². The van der Waals surface area contributed by atoms with E-state index in [0.29, 0.717) is 5.88 Å². The van der Waals surface area contributed by atoms with E-state index in [1.807, 2.05) is 19.1 Å². The quantitative estimate of drug-likeness (QED) is 0.134. The van der Waals surface area contributed by atoms with Crippen molar-refractivity contribution in [2.75, 3.05) is 32.6 Å². The number of halogens is 2. The summed E-state index contributed by atoms with van der Waals surface area (Å²) in [6.07, 6.45) is 4.99. The second kappa shape index (κ2) is 17.9. The van der Waals surface area contributed by atoms with E-state index in [4.69, 9.17) is 22.6 Å². The van der Waals surface area contributed by atoms with Gasteiger partial charge in [-0.1, -0.05) is 18.7 Å². The number of carbonyl (C=O) groups excluding carboxylic acids is 1. The number of hydrazone groups is 1. The summed E-state index contributed by atoms with van der Waals surface area (Å²) in [5.41, 5.74) is 0.204. The van der Waals surface area contributed by atoms with Crippen molar-refractivity contribution in [3.63, 3.8) is 0 Å². The molecule has 9 heteroatoms. The summed E-state index contributed by atoms with van der Waals surface area (Å²) < 4.78 is 10.8. The molecule has 1 aliphatic heterocycles. The van der Waals surface area contributed by atoms with Crippen LogP contribution in [0.25, 0.3) is 0 Å². The van der Waals surface area contributed by atoms with Gasteiger partial charge in [-0.25, -0.2) is 4.39 Å². The molecule has 158 valence electrons. The van der Waals surface area contributed by atoms with Gasteiger partial charge in [0.25, 0.3) is 5.91 Å². The minimum Gasteiger partial charge on any atom is -0.379 e. The Bertz CT molecular complexity index is 461. The maximum atomic E-state index is 11.9. The van der Waals surface area contributed by atoms with Gasteiger partial charge in [-0.05, 0) is 53.8 Å². The van der Waals surface area contributed by atoms with E-state index in [9.17, 15) is 9.18 Å². The molecule has 1 rings (SSSR count). The smallest absolute Gasteiger partial charge is 0.269 e. The molecule has 1 fully saturated rings. The molecule has 0 aromatic heterocycles. The number of amides is 1. The van der Waals surface area contributed by atoms with Crippen LogP contribution in [0.5, 0.6) is 0 Å². The lowest BCUT2D eigenvalue weighted by Crippen LogP contribution is -2.48. The van der Waals surface area contributed by atoms with E-state index in [0.717, 1.165) is 25.9 Å². The van der Waals surface area contributed by atoms with Gasteiger partial charge in [0, 0.05) is 18.5 Å². The van der Waals surface area contributed by atoms with Crippen LogP contribution in [-0.4, -0.2) is 66.5 Å². The normalized spacial score (nSPS) is 16.6. The topological polar surface area (TPSA) is 103 Å². The number of rotatable bonds is 6. The van der Waals surface area contributed by atoms with Gasteiger partial charge in [0.15, 0.2) is 0 Å². The number of alkyl halides is 1. The SMILES string of the molecule is C/C=C\CCl.C=C(C)F.CC(O)NC/C(=N\N)C(=O)NC1CCN(C)CC1. The van der Waals surface area contributed by atoms with Gasteiger partial charge in [0.05, 0.1) is 5.83 Å². The first-order valence-corrected chi connectivity index (χ1v) is 9.37. The van der Waals surface area contributed by atoms with Crippen LogP contribution in [0, 0.1) is 0 Å². The number of aliphatic hydroxyl groups is 1. The first kappa shape index (κ1) is 27.7. The summed E-state index contributed by atoms with van der Waals surface area (Å²) in [5.74, 6) is 5.22. The van der Waals surface area contributed by atoms with Gasteiger partial charge in [-0.15, -0.1) is 11.6 Å². The Morgan fingerprint density at radius 2 is 2.04 bits per heavy atom. The van der Waals surface area contributed by atoms with E-state index >= 15 is 0 Å². The molecule has 1 saturated heterocycles. The van der Waals surface area contributed by atoms with Crippen LogP contribution >= 0.6 is 11.6 Å². The monoisotopic (exact) mass is 407 g/mol. The third kappa shape index (κ3) is 19.1. The minimum absolute atomic E-state index is 0.159. The van der Waals surface area contributed by atoms with Gasteiger partial charge >= 0.3 is 0 Å². The van der Waals surface area contributed by atoms with Crippen molar-refractivity contribution in [2.24, 2.45) is 10.9 Å². The number of nitrogens with zero attached hydrogens (tertiary/aromatic N) is 2. The number of hydrogen-bond donors (Lipinski definition) is 4. The van der Waals surface area contributed by atoms with Gasteiger partial charge in [0.1, 0.15) is 11.9 Å². The Kier molecular flexibility index (Phi) is 18.4. The largest absolute Gasteiger partial charge is 0.379 e. The molecule has 1 heterocycles. The second-order valence-corrected chi connectivity index (χ2v) is 6.39. The van der Waals surface area contributed by atoms with Crippen molar-refractivity contribution >= 4 is 23.2 Å². The van der Waals surface area contributed by atoms with Crippen LogP contribution < -0.4 is 16.5 Å². The summed E-state index contributed by atoms with van der Waals surface area (Å²) >= 11 is 5.21. The molecule has 1 amide bonds. The lowest BCUT2D eigenvalue weighted by atomic mass is 10.1. The highest BCUT2D eigenvalue weighted by Crippen LogP contribution is 2.07. The summed E-state index contributed by atoms with van der Waals surface area (Å²) in [6, 6.07) is 0.178. The molecule has 0 bridgehead atoms. The van der Waals surface area contributed by atoms with Gasteiger partial charge in [-0.2, -0.15) is 5.10 Å². The summed E-state index contributed by atoms with van der Waals surface area (Å²) in [4.78, 5) is 14.1. The van der Waals surface area contributed by atoms with Crippen molar-refractivity contribution in [2.45, 2.75) is 45.9 Å². The van der Waals surface area contributed by atoms with Crippen LogP contribution in [0.2, 0.25) is 0 Å². The fourth-order valence-electron chi connectivity index (χ4n) is 1.94. The summed E-state index contributed by atoms with van der Waals surface area (Å²) in [6.45, 7) is 9.83. The van der Waals surface area contributed by atoms with Gasteiger partial charge in [-0.3, -0.25) is 10.1 Å². The molecule has 5 N–H and O–H groups in total. The second-order valence-electron chi connectivity index (χ2n) is 6.08. The van der Waals surface area contributed by atoms with Crippen molar-refractivity contribution in [1.29, 1.82) is 0 Å². The van der Waals surface area contributed by atoms with Crippen LogP contribution in [0.4, 0.5) is 4.39 Å². The number of carbonyl (C=O) groups is 1. The van der Waals surface area contributed by atoms with Gasteiger partial charge < -0.3 is 21.2 Å². The van der Waals surface area contributed by atoms with Crippen molar-refractivity contribution < 1.29 is 14.3 Å². The highest BCUT2D eigenvalue weighted by Gasteiger charge is 2.20. The molecule has 7 nitrogen and oxygen atoms in total. The van der Waals surface area contributed by atoms with Crippen LogP contribution in [0.15, 0.2) is 29.7 Å². The van der Waals surface area contributed by atoms with Crippen molar-refractivity contribution in [3.8, 4) is 0 Å². The minimum atomic E-state index is -0.696. The molecule has 0 spiro atoms. The molecule has 0 radical (unpaired) electrons. The summed E-state index contributed by atoms with van der Waals surface area (Å²) in [5, 5.41) is 18.2. The van der Waals surface area contributed by atoms with Crippen LogP contribution in [0.1, 0.15) is 33.6 Å². The van der Waals surface area contributed by atoms with E-state index in [2.05, 4.69) is 34.3 Å². The van der Waals surface area contributed by atoms with E-state index in [-0.39, 0.29) is 30.0 Å². The number of aliphatic hydroxyl groups excluding tert-OH is 1. The average molecular weight is 408 g/mol. The molecule has 1 unspecified atom stereocenters. The first-order chi connectivity index (χ1) is 12.7. The lowest BCUT2D eigenvalue weighted by Gasteiger charge is -2.29.